The number of carbonyl (C=O) groups excluding carboxylic acids is 1. The van der Waals surface area contributed by atoms with Crippen molar-refractivity contribution in [1.29, 1.82) is 0 Å². The van der Waals surface area contributed by atoms with E-state index in [0.717, 1.165) is 63.1 Å². The Morgan fingerprint density at radius 3 is 1.96 bits per heavy atom. The second kappa shape index (κ2) is 13.6. The summed E-state index contributed by atoms with van der Waals surface area (Å²) in [6.07, 6.45) is 7.25. The molecule has 1 aliphatic rings. The highest BCUT2D eigenvalue weighted by Gasteiger charge is 2.41. The average molecular weight is 687 g/mol. The molecule has 1 fully saturated rings. The lowest BCUT2D eigenvalue weighted by Crippen LogP contribution is -2.42. The fourth-order valence-electron chi connectivity index (χ4n) is 7.54. The molecule has 1 aliphatic heterocycles. The number of amides is 1. The Balaban J connectivity index is 1.27. The van der Waals surface area contributed by atoms with E-state index in [-0.39, 0.29) is 12.0 Å². The van der Waals surface area contributed by atoms with Gasteiger partial charge in [0.25, 0.3) is 0 Å². The lowest BCUT2D eigenvalue weighted by Gasteiger charge is -2.37. The average Bonchev–Trinajstić information content (AvgIpc) is 3.83. The molecule has 0 bridgehead atoms. The number of hydrogen-bond acceptors (Lipinski definition) is 5. The third-order valence-electron chi connectivity index (χ3n) is 9.88. The first-order valence-corrected chi connectivity index (χ1v) is 18.0. The van der Waals surface area contributed by atoms with E-state index >= 15 is 0 Å². The maximum absolute atomic E-state index is 12.9. The summed E-state index contributed by atoms with van der Waals surface area (Å²) in [4.78, 5) is 19.0. The van der Waals surface area contributed by atoms with Gasteiger partial charge in [0, 0.05) is 48.5 Å². The molecule has 260 valence electrons. The van der Waals surface area contributed by atoms with Crippen LogP contribution in [0.3, 0.4) is 0 Å². The third-order valence-corrected chi connectivity index (χ3v) is 9.88. The first-order chi connectivity index (χ1) is 25.3. The number of carbonyl (C=O) groups is 1. The van der Waals surface area contributed by atoms with Crippen molar-refractivity contribution in [3.8, 4) is 16.9 Å². The van der Waals surface area contributed by atoms with Crippen molar-refractivity contribution < 1.29 is 9.53 Å². The standard InChI is InChI=1S/C44H42N6O2/c1-43(2,3)52-42(51)48-28-13-14-33(31-48)39-25-29-49(46-39)37-21-22-40-38(30-37)41(32-23-26-45-27-24-32)47-50(40)44(34-15-7-4-8-16-34,35-17-9-5-10-18-35)36-19-11-6-12-20-36/h4-12,15-27,29-30,33H,13-14,28,31H2,1-3H3. The normalized spacial score (nSPS) is 15.1. The molecule has 8 heteroatoms. The van der Waals surface area contributed by atoms with Crippen LogP contribution in [0.2, 0.25) is 0 Å². The van der Waals surface area contributed by atoms with Crippen LogP contribution in [0.1, 0.15) is 61.9 Å². The summed E-state index contributed by atoms with van der Waals surface area (Å²) in [5.41, 5.74) is 6.71. The van der Waals surface area contributed by atoms with Crippen LogP contribution in [0.4, 0.5) is 4.79 Å². The van der Waals surface area contributed by atoms with Crippen LogP contribution in [0.25, 0.3) is 27.8 Å². The number of fused-ring (bicyclic) bond motifs is 1. The molecule has 4 aromatic carbocycles. The monoisotopic (exact) mass is 686 g/mol. The van der Waals surface area contributed by atoms with Gasteiger partial charge < -0.3 is 9.64 Å². The molecule has 8 nitrogen and oxygen atoms in total. The second-order valence-electron chi connectivity index (χ2n) is 14.5. The Morgan fingerprint density at radius 2 is 1.37 bits per heavy atom. The summed E-state index contributed by atoms with van der Waals surface area (Å²) >= 11 is 0. The van der Waals surface area contributed by atoms with Gasteiger partial charge >= 0.3 is 6.09 Å². The van der Waals surface area contributed by atoms with Gasteiger partial charge in [-0.05, 0) is 86.7 Å². The number of benzene rings is 4. The van der Waals surface area contributed by atoms with E-state index < -0.39 is 11.1 Å². The SMILES string of the molecule is CC(C)(C)OC(=O)N1CCCC(c2ccn(-c3ccc4c(c3)c(-c3ccncc3)nn4C(c3ccccc3)(c3ccccc3)c3ccccc3)n2)C1. The van der Waals surface area contributed by atoms with Crippen LogP contribution >= 0.6 is 0 Å². The molecule has 4 heterocycles. The van der Waals surface area contributed by atoms with Gasteiger partial charge in [0.05, 0.1) is 16.9 Å². The molecule has 1 atom stereocenters. The van der Waals surface area contributed by atoms with Crippen LogP contribution in [-0.4, -0.2) is 54.2 Å². The minimum absolute atomic E-state index is 0.129. The summed E-state index contributed by atoms with van der Waals surface area (Å²) in [5, 5.41) is 11.6. The van der Waals surface area contributed by atoms with Gasteiger partial charge in [0.1, 0.15) is 16.8 Å². The highest BCUT2D eigenvalue weighted by molar-refractivity contribution is 5.95. The molecule has 7 aromatic rings. The Kier molecular flexibility index (Phi) is 8.67. The van der Waals surface area contributed by atoms with Crippen LogP contribution in [0.15, 0.2) is 146 Å². The zero-order chi connectivity index (χ0) is 35.7. The molecule has 52 heavy (non-hydrogen) atoms. The van der Waals surface area contributed by atoms with Crippen molar-refractivity contribution in [3.63, 3.8) is 0 Å². The molecule has 0 radical (unpaired) electrons. The number of likely N-dealkylation sites (tertiary alicyclic amines) is 1. The number of piperidine rings is 1. The van der Waals surface area contributed by atoms with Crippen molar-refractivity contribution in [2.24, 2.45) is 0 Å². The first-order valence-electron chi connectivity index (χ1n) is 18.0. The van der Waals surface area contributed by atoms with Crippen molar-refractivity contribution in [2.45, 2.75) is 50.7 Å². The Bertz CT molecular complexity index is 2200. The quantitative estimate of drug-likeness (QED) is 0.156. The lowest BCUT2D eigenvalue weighted by atomic mass is 9.77. The number of nitrogens with zero attached hydrogens (tertiary/aromatic N) is 6. The van der Waals surface area contributed by atoms with Crippen molar-refractivity contribution in [1.82, 2.24) is 29.4 Å². The highest BCUT2D eigenvalue weighted by atomic mass is 16.6. The number of rotatable bonds is 7. The molecule has 0 spiro atoms. The smallest absolute Gasteiger partial charge is 0.410 e. The minimum atomic E-state index is -0.783. The first kappa shape index (κ1) is 33.1. The Morgan fingerprint density at radius 1 is 0.750 bits per heavy atom. The third kappa shape index (κ3) is 6.15. The van der Waals surface area contributed by atoms with Crippen LogP contribution < -0.4 is 0 Å². The molecule has 8 rings (SSSR count). The van der Waals surface area contributed by atoms with Crippen molar-refractivity contribution >= 4 is 17.0 Å². The van der Waals surface area contributed by atoms with Crippen molar-refractivity contribution in [3.05, 3.63) is 168 Å². The molecule has 0 N–H and O–H groups in total. The maximum atomic E-state index is 12.9. The largest absolute Gasteiger partial charge is 0.444 e. The van der Waals surface area contributed by atoms with Gasteiger partial charge in [0.15, 0.2) is 0 Å². The summed E-state index contributed by atoms with van der Waals surface area (Å²) in [6, 6.07) is 44.4. The van der Waals surface area contributed by atoms with Gasteiger partial charge in [-0.25, -0.2) is 14.2 Å². The number of hydrogen-bond donors (Lipinski definition) is 0. The van der Waals surface area contributed by atoms with Crippen LogP contribution in [0, 0.1) is 0 Å². The van der Waals surface area contributed by atoms with Crippen molar-refractivity contribution in [2.75, 3.05) is 13.1 Å². The summed E-state index contributed by atoms with van der Waals surface area (Å²) in [7, 11) is 0. The van der Waals surface area contributed by atoms with E-state index in [2.05, 4.69) is 125 Å². The molecule has 1 unspecified atom stereocenters. The second-order valence-corrected chi connectivity index (χ2v) is 14.5. The zero-order valence-corrected chi connectivity index (χ0v) is 29.8. The van der Waals surface area contributed by atoms with Gasteiger partial charge in [-0.1, -0.05) is 91.0 Å². The lowest BCUT2D eigenvalue weighted by molar-refractivity contribution is 0.0197. The van der Waals surface area contributed by atoms with Gasteiger partial charge in [-0.15, -0.1) is 0 Å². The van der Waals surface area contributed by atoms with E-state index in [1.165, 1.54) is 0 Å². The molecule has 0 aliphatic carbocycles. The van der Waals surface area contributed by atoms with Gasteiger partial charge in [-0.2, -0.15) is 10.2 Å². The van der Waals surface area contributed by atoms with Gasteiger partial charge in [0.2, 0.25) is 0 Å². The molecule has 3 aromatic heterocycles. The fraction of sp³-hybridized carbons (Fsp3) is 0.227. The van der Waals surface area contributed by atoms with Gasteiger partial charge in [-0.3, -0.25) is 4.98 Å². The van der Waals surface area contributed by atoms with E-state index in [9.17, 15) is 4.79 Å². The minimum Gasteiger partial charge on any atom is -0.444 e. The topological polar surface area (TPSA) is 78.1 Å². The molecular formula is C44H42N6O2. The fourth-order valence-corrected chi connectivity index (χ4v) is 7.54. The Hall–Kier alpha value is -6.02. The summed E-state index contributed by atoms with van der Waals surface area (Å²) < 4.78 is 9.82. The van der Waals surface area contributed by atoms with Crippen LogP contribution in [-0.2, 0) is 10.3 Å². The molecule has 1 amide bonds. The number of ether oxygens (including phenoxy) is 1. The van der Waals surface area contributed by atoms with E-state index in [4.69, 9.17) is 14.9 Å². The van der Waals surface area contributed by atoms with E-state index in [1.807, 2.05) is 61.1 Å². The Labute approximate surface area is 304 Å². The van der Waals surface area contributed by atoms with Crippen LogP contribution in [0.5, 0.6) is 0 Å². The van der Waals surface area contributed by atoms with E-state index in [1.54, 1.807) is 0 Å². The maximum Gasteiger partial charge on any atom is 0.410 e. The summed E-state index contributed by atoms with van der Waals surface area (Å²) in [6.45, 7) is 6.99. The number of pyridine rings is 1. The van der Waals surface area contributed by atoms with E-state index in [0.29, 0.717) is 13.1 Å². The predicted octanol–water partition coefficient (Wildman–Crippen LogP) is 9.24. The zero-order valence-electron chi connectivity index (χ0n) is 29.8. The molecular weight excluding hydrogens is 645 g/mol. The predicted molar refractivity (Wildman–Crippen MR) is 204 cm³/mol. The highest BCUT2D eigenvalue weighted by Crippen LogP contribution is 2.44. The molecule has 0 saturated carbocycles. The molecule has 1 saturated heterocycles. The number of aromatic nitrogens is 5. The summed E-state index contributed by atoms with van der Waals surface area (Å²) in [5.74, 6) is 0.129.